The van der Waals surface area contributed by atoms with Gasteiger partial charge in [-0.05, 0) is 0 Å². The van der Waals surface area contributed by atoms with Gasteiger partial charge < -0.3 is 4.89 Å². The largest absolute Gasteiger partial charge is 0.499 e. The Labute approximate surface area is 53.6 Å². The molecule has 7 heteroatoms. The number of hydrogen-bond acceptors (Lipinski definition) is 3. The zero-order chi connectivity index (χ0) is 5.91. The molecule has 0 aliphatic heterocycles. The van der Waals surface area contributed by atoms with Gasteiger partial charge in [0.2, 0.25) is 0 Å². The normalized spacial score (nSPS) is 18.7. The van der Waals surface area contributed by atoms with E-state index in [1.807, 2.05) is 0 Å². The molecule has 44 valence electrons. The second kappa shape index (κ2) is 3.02. The molecule has 4 nitrogen and oxygen atoms in total. The van der Waals surface area contributed by atoms with Crippen LogP contribution in [0.15, 0.2) is 0 Å². The second-order valence-electron chi connectivity index (χ2n) is 0.607. The van der Waals surface area contributed by atoms with Crippen LogP contribution in [0.3, 0.4) is 0 Å². The van der Waals surface area contributed by atoms with Gasteiger partial charge in [-0.3, -0.25) is 0 Å². The van der Waals surface area contributed by atoms with Gasteiger partial charge >= 0.3 is 7.82 Å². The molecule has 1 N–H and O–H groups in total. The van der Waals surface area contributed by atoms with E-state index in [2.05, 4.69) is 35.8 Å². The van der Waals surface area contributed by atoms with E-state index in [0.29, 0.717) is 0 Å². The molecule has 0 aromatic rings. The molecule has 0 aliphatic carbocycles. The third-order valence-corrected chi connectivity index (χ3v) is 2.14. The van der Waals surface area contributed by atoms with Crippen LogP contribution < -0.4 is 0 Å². The summed E-state index contributed by atoms with van der Waals surface area (Å²) in [6.07, 6.45) is 0. The Morgan fingerprint density at radius 2 is 2.29 bits per heavy atom. The van der Waals surface area contributed by atoms with Crippen LogP contribution in [0.2, 0.25) is 0 Å². The molecule has 0 aliphatic rings. The van der Waals surface area contributed by atoms with Crippen molar-refractivity contribution in [3.05, 3.63) is 0 Å². The highest BCUT2D eigenvalue weighted by Gasteiger charge is 2.18. The summed E-state index contributed by atoms with van der Waals surface area (Å²) in [5, 5.41) is 0. The van der Waals surface area contributed by atoms with Crippen LogP contribution in [0.25, 0.3) is 0 Å². The highest BCUT2D eigenvalue weighted by molar-refractivity contribution is 9.06. The minimum atomic E-state index is -3.97. The third kappa shape index (κ3) is 3.46. The number of rotatable bonds is 2. The van der Waals surface area contributed by atoms with E-state index in [1.54, 1.807) is 0 Å². The molecule has 0 aromatic carbocycles. The van der Waals surface area contributed by atoms with Crippen LogP contribution in [0, 0.1) is 0 Å². The van der Waals surface area contributed by atoms with E-state index in [1.165, 1.54) is 0 Å². The van der Waals surface area contributed by atoms with Crippen molar-refractivity contribution in [2.24, 2.45) is 0 Å². The van der Waals surface area contributed by atoms with Gasteiger partial charge in [0.05, 0.1) is 11.9 Å². The van der Waals surface area contributed by atoms with Gasteiger partial charge in [0.25, 0.3) is 0 Å². The van der Waals surface area contributed by atoms with E-state index in [4.69, 9.17) is 4.89 Å². The Morgan fingerprint density at radius 1 is 1.86 bits per heavy atom. The first-order chi connectivity index (χ1) is 3.12. The van der Waals surface area contributed by atoms with Crippen molar-refractivity contribution in [3.63, 3.8) is 0 Å². The zero-order valence-electron chi connectivity index (χ0n) is 2.88. The smallest absolute Gasteiger partial charge is 0.301 e. The summed E-state index contributed by atoms with van der Waals surface area (Å²) in [5.74, 6) is 0. The Morgan fingerprint density at radius 3 is 2.29 bits per heavy atom. The monoisotopic (exact) mass is 210 g/mol. The Balaban J connectivity index is 3.61. The molecule has 7 heavy (non-hydrogen) atoms. The molecule has 1 unspecified atom stereocenters. The third-order valence-electron chi connectivity index (χ3n) is 0.174. The molecule has 0 radical (unpaired) electrons. The molecule has 0 amide bonds. The quantitative estimate of drug-likeness (QED) is 0.705. The Bertz CT molecular complexity index is 83.7. The fourth-order valence-corrected chi connectivity index (χ4v) is 0.498. The maximum Gasteiger partial charge on any atom is 0.499 e. The predicted octanol–water partition coefficient (Wildman–Crippen LogP) is 1.58. The van der Waals surface area contributed by atoms with Crippen molar-refractivity contribution in [3.8, 4) is 0 Å². The van der Waals surface area contributed by atoms with Gasteiger partial charge in [0.15, 0.2) is 0 Å². The highest BCUT2D eigenvalue weighted by Crippen LogP contribution is 2.46. The Hall–Kier alpha value is 0.880. The molecule has 0 bridgehead atoms. The fourth-order valence-electron chi connectivity index (χ4n) is 0.0106. The first kappa shape index (κ1) is 7.88. The summed E-state index contributed by atoms with van der Waals surface area (Å²) in [6, 6.07) is 0. The van der Waals surface area contributed by atoms with Crippen LogP contribution in [0.1, 0.15) is 0 Å². The SMILES string of the molecule is O=P(O)(OCl)OBr. The molecule has 0 saturated heterocycles. The zero-order valence-corrected chi connectivity index (χ0v) is 6.11. The van der Waals surface area contributed by atoms with Gasteiger partial charge in [-0.25, -0.2) is 8.18 Å². The van der Waals surface area contributed by atoms with Crippen molar-refractivity contribution in [2.45, 2.75) is 0 Å². The molecule has 0 spiro atoms. The number of halogens is 2. The molecule has 0 saturated carbocycles. The van der Waals surface area contributed by atoms with E-state index < -0.39 is 7.82 Å². The number of phosphoric acid groups is 1. The summed E-state index contributed by atoms with van der Waals surface area (Å²) < 4.78 is 16.9. The van der Waals surface area contributed by atoms with Gasteiger partial charge in [0.1, 0.15) is 16.3 Å². The van der Waals surface area contributed by atoms with Crippen LogP contribution in [0.4, 0.5) is 0 Å². The topological polar surface area (TPSA) is 55.8 Å². The highest BCUT2D eigenvalue weighted by atomic mass is 79.9. The van der Waals surface area contributed by atoms with E-state index in [-0.39, 0.29) is 0 Å². The molecule has 1 atom stereocenters. The average molecular weight is 211 g/mol. The molecule has 0 rings (SSSR count). The van der Waals surface area contributed by atoms with Gasteiger partial charge in [-0.1, -0.05) is 0 Å². The summed E-state index contributed by atoms with van der Waals surface area (Å²) in [5.41, 5.74) is 0. The maximum atomic E-state index is 9.88. The minimum absolute atomic E-state index is 2.21. The van der Waals surface area contributed by atoms with Gasteiger partial charge in [-0.15, -0.1) is 0 Å². The van der Waals surface area contributed by atoms with E-state index in [9.17, 15) is 4.57 Å². The van der Waals surface area contributed by atoms with Gasteiger partial charge in [0, 0.05) is 0 Å². The van der Waals surface area contributed by atoms with E-state index in [0.717, 1.165) is 0 Å². The first-order valence-electron chi connectivity index (χ1n) is 1.06. The molecule has 0 heterocycles. The van der Waals surface area contributed by atoms with Crippen molar-refractivity contribution >= 4 is 35.9 Å². The average Bonchev–Trinajstić information content (AvgIpc) is 1.68. The summed E-state index contributed by atoms with van der Waals surface area (Å²) >= 11 is 6.63. The standard InChI is InChI=1S/BrClHO4P/c1-5-7(3,4)6-2/h(H,3,4). The van der Waals surface area contributed by atoms with Crippen molar-refractivity contribution in [1.29, 1.82) is 0 Å². The van der Waals surface area contributed by atoms with Gasteiger partial charge in [-0.2, -0.15) is 4.08 Å². The van der Waals surface area contributed by atoms with Crippen molar-refractivity contribution in [2.75, 3.05) is 0 Å². The van der Waals surface area contributed by atoms with Crippen LogP contribution in [-0.2, 0) is 12.3 Å². The molecule has 0 fully saturated rings. The molecule has 0 aromatic heterocycles. The lowest BCUT2D eigenvalue weighted by Gasteiger charge is -1.96. The van der Waals surface area contributed by atoms with Crippen molar-refractivity contribution in [1.82, 2.24) is 0 Å². The lowest BCUT2D eigenvalue weighted by atomic mass is 15.8. The minimum Gasteiger partial charge on any atom is -0.301 e. The summed E-state index contributed by atoms with van der Waals surface area (Å²) in [7, 11) is -3.97. The second-order valence-corrected chi connectivity index (χ2v) is 3.10. The predicted molar refractivity (Wildman–Crippen MR) is 26.8 cm³/mol. The molecular formula is HBrClO4P. The lowest BCUT2D eigenvalue weighted by molar-refractivity contribution is 0.322. The summed E-state index contributed by atoms with van der Waals surface area (Å²) in [4.78, 5) is 8.06. The number of hydrogen-bond donors (Lipinski definition) is 1. The Kier molecular flexibility index (Phi) is 3.40. The molecular weight excluding hydrogens is 210 g/mol. The lowest BCUT2D eigenvalue weighted by Crippen LogP contribution is -1.73. The maximum absolute atomic E-state index is 9.88. The van der Waals surface area contributed by atoms with Crippen LogP contribution in [-0.4, -0.2) is 4.89 Å². The fraction of sp³-hybridized carbons (Fsp3) is 0. The van der Waals surface area contributed by atoms with Crippen LogP contribution >= 0.6 is 35.9 Å². The first-order valence-corrected chi connectivity index (χ1v) is 3.51. The summed E-state index contributed by atoms with van der Waals surface area (Å²) in [6.45, 7) is 0. The van der Waals surface area contributed by atoms with Crippen molar-refractivity contribution < 1.29 is 17.1 Å². The van der Waals surface area contributed by atoms with E-state index >= 15 is 0 Å². The van der Waals surface area contributed by atoms with Crippen LogP contribution in [0.5, 0.6) is 0 Å².